The van der Waals surface area contributed by atoms with Gasteiger partial charge in [0.1, 0.15) is 18.1 Å². The minimum Gasteiger partial charge on any atom is -0.473 e. The molecule has 42 heavy (non-hydrogen) atoms. The van der Waals surface area contributed by atoms with E-state index in [1.165, 1.54) is 5.69 Å². The Kier molecular flexibility index (Phi) is 6.34. The zero-order valence-corrected chi connectivity index (χ0v) is 24.9. The van der Waals surface area contributed by atoms with Crippen molar-refractivity contribution in [3.63, 3.8) is 0 Å². The Morgan fingerprint density at radius 3 is 2.50 bits per heavy atom. The molecular weight excluding hydrogens is 530 g/mol. The van der Waals surface area contributed by atoms with Crippen LogP contribution < -0.4 is 4.74 Å². The van der Waals surface area contributed by atoms with Crippen LogP contribution in [0.25, 0.3) is 50.3 Å². The topological polar surface area (TPSA) is 103 Å². The Balaban J connectivity index is 1.38. The highest BCUT2D eigenvalue weighted by atomic mass is 16.5. The molecule has 11 heteroatoms. The predicted molar refractivity (Wildman–Crippen MR) is 161 cm³/mol. The summed E-state index contributed by atoms with van der Waals surface area (Å²) in [5, 5.41) is 16.0. The van der Waals surface area contributed by atoms with Crippen molar-refractivity contribution < 1.29 is 9.47 Å². The number of nitrogens with zero attached hydrogens (tertiary/aromatic N) is 9. The normalized spacial score (nSPS) is 13.7. The SMILES string of the molecule is COCCOc1nn(C)cc1-n1cc2c(-c3nc(-c4cc5cn(C)nc5nc4C(C)C)n(C)c3C3CC3)cccc2n1. The van der Waals surface area contributed by atoms with Crippen LogP contribution in [-0.2, 0) is 25.9 Å². The van der Waals surface area contributed by atoms with Crippen LogP contribution in [0.5, 0.6) is 5.88 Å². The standard InChI is InChI=1S/C31H35N9O2/c1-18(2)26-22(14-20-15-37(3)35-29(20)32-26)30-33-27(28(39(30)5)19-10-11-19)21-8-7-9-24-23(21)16-40(34-24)25-17-38(4)36-31(25)42-13-12-41-6/h7-9,14-19H,10-13H2,1-6H3. The van der Waals surface area contributed by atoms with Crippen LogP contribution in [0.3, 0.4) is 0 Å². The van der Waals surface area contributed by atoms with Crippen LogP contribution in [0.2, 0.25) is 0 Å². The average molecular weight is 566 g/mol. The zero-order chi connectivity index (χ0) is 29.1. The van der Waals surface area contributed by atoms with Gasteiger partial charge in [0, 0.05) is 74.2 Å². The molecule has 0 saturated heterocycles. The number of imidazole rings is 1. The summed E-state index contributed by atoms with van der Waals surface area (Å²) in [7, 11) is 7.60. The molecule has 0 amide bonds. The molecule has 1 fully saturated rings. The molecule has 0 atom stereocenters. The monoisotopic (exact) mass is 565 g/mol. The molecule has 216 valence electrons. The second-order valence-corrected chi connectivity index (χ2v) is 11.4. The van der Waals surface area contributed by atoms with Crippen LogP contribution in [0.1, 0.15) is 49.9 Å². The van der Waals surface area contributed by atoms with Gasteiger partial charge in [-0.15, -0.1) is 5.10 Å². The summed E-state index contributed by atoms with van der Waals surface area (Å²) < 4.78 is 18.7. The van der Waals surface area contributed by atoms with Gasteiger partial charge in [0.15, 0.2) is 5.65 Å². The highest BCUT2D eigenvalue weighted by Gasteiger charge is 2.33. The lowest BCUT2D eigenvalue weighted by molar-refractivity contribution is 0.143. The van der Waals surface area contributed by atoms with Crippen molar-refractivity contribution in [1.29, 1.82) is 0 Å². The van der Waals surface area contributed by atoms with Gasteiger partial charge < -0.3 is 14.0 Å². The fourth-order valence-corrected chi connectivity index (χ4v) is 5.79. The van der Waals surface area contributed by atoms with E-state index in [0.717, 1.165) is 68.8 Å². The second-order valence-electron chi connectivity index (χ2n) is 11.4. The van der Waals surface area contributed by atoms with Gasteiger partial charge >= 0.3 is 0 Å². The van der Waals surface area contributed by atoms with Crippen molar-refractivity contribution in [2.24, 2.45) is 21.1 Å². The molecule has 5 aromatic heterocycles. The maximum atomic E-state index is 5.91. The Hall–Kier alpha value is -4.51. The van der Waals surface area contributed by atoms with Gasteiger partial charge in [0.25, 0.3) is 5.88 Å². The molecule has 6 aromatic rings. The van der Waals surface area contributed by atoms with Gasteiger partial charge in [-0.05, 0) is 30.9 Å². The first kappa shape index (κ1) is 26.4. The summed E-state index contributed by atoms with van der Waals surface area (Å²) in [6, 6.07) is 8.44. The minimum absolute atomic E-state index is 0.220. The number of methoxy groups -OCH3 is 1. The van der Waals surface area contributed by atoms with Crippen LogP contribution >= 0.6 is 0 Å². The Bertz CT molecular complexity index is 1940. The summed E-state index contributed by atoms with van der Waals surface area (Å²) >= 11 is 0. The first-order valence-corrected chi connectivity index (χ1v) is 14.4. The van der Waals surface area contributed by atoms with Gasteiger partial charge in [0.2, 0.25) is 0 Å². The molecule has 0 radical (unpaired) electrons. The largest absolute Gasteiger partial charge is 0.473 e. The van der Waals surface area contributed by atoms with Crippen molar-refractivity contribution in [3.8, 4) is 34.2 Å². The lowest BCUT2D eigenvalue weighted by atomic mass is 10.0. The molecule has 1 saturated carbocycles. The third kappa shape index (κ3) is 4.44. The van der Waals surface area contributed by atoms with Crippen molar-refractivity contribution in [3.05, 3.63) is 54.2 Å². The smallest absolute Gasteiger partial charge is 0.259 e. The molecule has 1 aliphatic rings. The lowest BCUT2D eigenvalue weighted by Crippen LogP contribution is -2.06. The fraction of sp³-hybridized carbons (Fsp3) is 0.387. The summed E-state index contributed by atoms with van der Waals surface area (Å²) in [5.74, 6) is 2.15. The predicted octanol–water partition coefficient (Wildman–Crippen LogP) is 5.13. The number of hydrogen-bond acceptors (Lipinski definition) is 7. The second kappa shape index (κ2) is 10.1. The third-order valence-electron chi connectivity index (χ3n) is 7.88. The van der Waals surface area contributed by atoms with E-state index in [9.17, 15) is 0 Å². The van der Waals surface area contributed by atoms with E-state index in [0.29, 0.717) is 25.0 Å². The van der Waals surface area contributed by atoms with Crippen molar-refractivity contribution in [1.82, 2.24) is 43.9 Å². The number of fused-ring (bicyclic) bond motifs is 2. The van der Waals surface area contributed by atoms with Gasteiger partial charge in [-0.3, -0.25) is 9.36 Å². The molecule has 0 aliphatic heterocycles. The number of aromatic nitrogens is 9. The zero-order valence-electron chi connectivity index (χ0n) is 24.9. The van der Waals surface area contributed by atoms with E-state index >= 15 is 0 Å². The van der Waals surface area contributed by atoms with Crippen LogP contribution in [0.4, 0.5) is 0 Å². The molecule has 11 nitrogen and oxygen atoms in total. The van der Waals surface area contributed by atoms with Crippen molar-refractivity contribution in [2.45, 2.75) is 38.5 Å². The molecule has 1 aromatic carbocycles. The summed E-state index contributed by atoms with van der Waals surface area (Å²) in [4.78, 5) is 10.4. The Labute approximate surface area is 243 Å². The molecule has 0 unspecified atom stereocenters. The maximum absolute atomic E-state index is 5.91. The van der Waals surface area contributed by atoms with Crippen LogP contribution in [0, 0.1) is 0 Å². The number of ether oxygens (including phenoxy) is 2. The van der Waals surface area contributed by atoms with Gasteiger partial charge in [-0.25, -0.2) is 14.6 Å². The summed E-state index contributed by atoms with van der Waals surface area (Å²) in [6.07, 6.45) is 8.31. The van der Waals surface area contributed by atoms with Gasteiger partial charge in [-0.2, -0.15) is 10.2 Å². The quantitative estimate of drug-likeness (QED) is 0.224. The van der Waals surface area contributed by atoms with E-state index in [1.807, 2.05) is 41.9 Å². The number of hydrogen-bond donors (Lipinski definition) is 0. The van der Waals surface area contributed by atoms with Crippen molar-refractivity contribution in [2.75, 3.05) is 20.3 Å². The van der Waals surface area contributed by atoms with Gasteiger partial charge in [0.05, 0.1) is 29.7 Å². The minimum atomic E-state index is 0.220. The lowest BCUT2D eigenvalue weighted by Gasteiger charge is -2.12. The number of benzene rings is 1. The van der Waals surface area contributed by atoms with Crippen LogP contribution in [-0.4, -0.2) is 64.2 Å². The van der Waals surface area contributed by atoms with Crippen molar-refractivity contribution >= 4 is 21.9 Å². The molecule has 0 spiro atoms. The first-order chi connectivity index (χ1) is 20.3. The molecule has 0 N–H and O–H groups in total. The van der Waals surface area contributed by atoms with E-state index in [-0.39, 0.29) is 5.92 Å². The van der Waals surface area contributed by atoms with E-state index in [2.05, 4.69) is 60.1 Å². The number of rotatable bonds is 9. The molecule has 5 heterocycles. The molecule has 7 rings (SSSR count). The molecule has 0 bridgehead atoms. The average Bonchev–Trinajstić information content (AvgIpc) is 3.26. The number of pyridine rings is 1. The number of aryl methyl sites for hydroxylation is 2. The third-order valence-corrected chi connectivity index (χ3v) is 7.88. The van der Waals surface area contributed by atoms with Gasteiger partial charge in [-0.1, -0.05) is 26.0 Å². The first-order valence-electron chi connectivity index (χ1n) is 14.4. The Morgan fingerprint density at radius 2 is 1.74 bits per heavy atom. The van der Waals surface area contributed by atoms with E-state index < -0.39 is 0 Å². The maximum Gasteiger partial charge on any atom is 0.259 e. The Morgan fingerprint density at radius 1 is 0.929 bits per heavy atom. The molecular formula is C31H35N9O2. The highest BCUT2D eigenvalue weighted by Crippen LogP contribution is 2.47. The fourth-order valence-electron chi connectivity index (χ4n) is 5.79. The van der Waals surface area contributed by atoms with E-state index in [4.69, 9.17) is 24.5 Å². The highest BCUT2D eigenvalue weighted by molar-refractivity contribution is 5.95. The summed E-state index contributed by atoms with van der Waals surface area (Å²) in [6.45, 7) is 5.24. The van der Waals surface area contributed by atoms with Crippen LogP contribution in [0.15, 0.2) is 42.9 Å². The summed E-state index contributed by atoms with van der Waals surface area (Å²) in [5.41, 5.74) is 7.81. The van der Waals surface area contributed by atoms with E-state index in [1.54, 1.807) is 11.8 Å². The molecule has 1 aliphatic carbocycles.